The molecule has 1 heterocycles. The van der Waals surface area contributed by atoms with Crippen LogP contribution in [0.3, 0.4) is 0 Å². The largest absolute Gasteiger partial charge is 0.354 e. The van der Waals surface area contributed by atoms with Crippen LogP contribution in [0.25, 0.3) is 0 Å². The van der Waals surface area contributed by atoms with Crippen LogP contribution in [-0.4, -0.2) is 129 Å². The highest BCUT2D eigenvalue weighted by Crippen LogP contribution is 2.63. The molecule has 0 aromatic carbocycles. The maximum Gasteiger partial charge on any atom is 0.354 e. The lowest BCUT2D eigenvalue weighted by Crippen LogP contribution is -2.44. The average Bonchev–Trinajstić information content (AvgIpc) is 2.59. The van der Waals surface area contributed by atoms with E-state index in [0.717, 1.165) is 0 Å². The Morgan fingerprint density at radius 1 is 0.333 bits per heavy atom. The van der Waals surface area contributed by atoms with Crippen molar-refractivity contribution in [3.63, 3.8) is 0 Å². The Morgan fingerprint density at radius 3 is 0.564 bits per heavy atom. The lowest BCUT2D eigenvalue weighted by atomic mass is 10.2. The predicted molar refractivity (Wildman–Crippen MR) is 132 cm³/mol. The molecule has 0 aromatic rings. The van der Waals surface area contributed by atoms with Gasteiger partial charge >= 0.3 is 45.6 Å². The van der Waals surface area contributed by atoms with Crippen molar-refractivity contribution in [2.24, 2.45) is 0 Å². The van der Waals surface area contributed by atoms with E-state index >= 15 is 0 Å². The molecule has 0 unspecified atom stereocenters. The fourth-order valence-electron chi connectivity index (χ4n) is 4.32. The SMILES string of the molecule is O=P(O)(O)C(N1CCCN(C(P(=O)(O)O)P(=O)(O)O)CCCN(C(P(=O)(O)O)P(=O)(O)O)CCC1)P(=O)(O)O. The highest BCUT2D eigenvalue weighted by Gasteiger charge is 2.51. The second-order valence-electron chi connectivity index (χ2n) is 8.74. The maximum atomic E-state index is 12.0. The third kappa shape index (κ3) is 11.8. The molecule has 0 bridgehead atoms. The quantitative estimate of drug-likeness (QED) is 0.116. The van der Waals surface area contributed by atoms with E-state index in [4.69, 9.17) is 0 Å². The van der Waals surface area contributed by atoms with Crippen molar-refractivity contribution in [2.75, 3.05) is 39.3 Å². The van der Waals surface area contributed by atoms with Crippen molar-refractivity contribution < 1.29 is 86.1 Å². The van der Waals surface area contributed by atoms with Gasteiger partial charge in [-0.05, 0) is 19.3 Å². The number of hydrogen-bond acceptors (Lipinski definition) is 9. The van der Waals surface area contributed by atoms with E-state index in [1.54, 1.807) is 0 Å². The molecule has 0 saturated carbocycles. The minimum absolute atomic E-state index is 0.371. The monoisotopic (exact) mass is 693 g/mol. The van der Waals surface area contributed by atoms with E-state index in [0.29, 0.717) is 14.7 Å². The molecule has 0 atom stereocenters. The Hall–Kier alpha value is 0.780. The molecule has 0 aliphatic carbocycles. The zero-order valence-corrected chi connectivity index (χ0v) is 25.3. The van der Waals surface area contributed by atoms with Crippen molar-refractivity contribution >= 4 is 45.6 Å². The molecule has 21 nitrogen and oxygen atoms in total. The first-order valence-corrected chi connectivity index (χ1v) is 20.8. The topological polar surface area (TPSA) is 355 Å². The molecular weight excluding hydrogens is 660 g/mol. The minimum atomic E-state index is -5.58. The van der Waals surface area contributed by atoms with Gasteiger partial charge in [-0.15, -0.1) is 0 Å². The predicted octanol–water partition coefficient (Wildman–Crippen LogP) is -2.01. The van der Waals surface area contributed by atoms with Crippen LogP contribution in [0.5, 0.6) is 0 Å². The van der Waals surface area contributed by atoms with E-state index in [-0.39, 0.29) is 19.3 Å². The van der Waals surface area contributed by atoms with Crippen LogP contribution in [0.2, 0.25) is 0 Å². The van der Waals surface area contributed by atoms with Crippen LogP contribution in [0.1, 0.15) is 19.3 Å². The van der Waals surface area contributed by atoms with Gasteiger partial charge in [0.05, 0.1) is 0 Å². The number of hydrogen-bond donors (Lipinski definition) is 12. The smallest absolute Gasteiger partial charge is 0.323 e. The Kier molecular flexibility index (Phi) is 13.2. The van der Waals surface area contributed by atoms with Crippen molar-refractivity contribution in [2.45, 2.75) is 35.8 Å². The molecule has 12 N–H and O–H groups in total. The van der Waals surface area contributed by atoms with Gasteiger partial charge < -0.3 is 58.7 Å². The summed E-state index contributed by atoms with van der Waals surface area (Å²) in [4.78, 5) is 117. The lowest BCUT2D eigenvalue weighted by molar-refractivity contribution is 0.160. The van der Waals surface area contributed by atoms with Crippen LogP contribution >= 0.6 is 45.6 Å². The second kappa shape index (κ2) is 13.6. The van der Waals surface area contributed by atoms with Crippen molar-refractivity contribution in [3.05, 3.63) is 0 Å². The van der Waals surface area contributed by atoms with E-state index in [1.165, 1.54) is 0 Å². The summed E-state index contributed by atoms with van der Waals surface area (Å²) >= 11 is 0. The fourth-order valence-corrected chi connectivity index (χ4v) is 13.0. The lowest BCUT2D eigenvalue weighted by Gasteiger charge is -2.37. The van der Waals surface area contributed by atoms with Gasteiger partial charge in [-0.3, -0.25) is 42.1 Å². The molecule has 1 aliphatic heterocycles. The van der Waals surface area contributed by atoms with Gasteiger partial charge in [-0.25, -0.2) is 0 Å². The Morgan fingerprint density at radius 2 is 0.462 bits per heavy atom. The summed E-state index contributed by atoms with van der Waals surface area (Å²) in [5.41, 5.74) is -8.18. The first kappa shape index (κ1) is 37.8. The van der Waals surface area contributed by atoms with Gasteiger partial charge in [-0.1, -0.05) is 0 Å². The minimum Gasteiger partial charge on any atom is -0.323 e. The molecule has 39 heavy (non-hydrogen) atoms. The van der Waals surface area contributed by atoms with Crippen molar-refractivity contribution in [1.29, 1.82) is 0 Å². The summed E-state index contributed by atoms with van der Waals surface area (Å²) in [5, 5.41) is 0. The third-order valence-corrected chi connectivity index (χ3v) is 16.4. The van der Waals surface area contributed by atoms with Crippen LogP contribution in [0, 0.1) is 0 Å². The summed E-state index contributed by atoms with van der Waals surface area (Å²) in [7, 11) is -33.5. The normalized spacial score (nSPS) is 20.4. The van der Waals surface area contributed by atoms with Crippen LogP contribution in [0.4, 0.5) is 0 Å². The molecule has 1 rings (SSSR count). The summed E-state index contributed by atoms with van der Waals surface area (Å²) in [6.45, 7) is -3.63. The van der Waals surface area contributed by atoms with E-state index in [1.807, 2.05) is 0 Å². The van der Waals surface area contributed by atoms with Crippen molar-refractivity contribution in [3.8, 4) is 0 Å². The standard InChI is InChI=1S/C12H33N3O18P6/c16-34(17,18)10(35(19,20)21)13-4-1-5-14(11(36(22,23)24)37(25,26)27)7-3-9-15(8-2-6-13)12(38(28,29)30)39(31,32)33/h10-12H,1-9H2,(H2,16,17,18)(H2,19,20,21)(H2,22,23,24)(H2,25,26,27)(H2,28,29,30)(H2,31,32,33). The molecule has 27 heteroatoms. The Bertz CT molecular complexity index is 901. The zero-order chi connectivity index (χ0) is 30.8. The number of rotatable bonds is 9. The van der Waals surface area contributed by atoms with Gasteiger partial charge in [-0.2, -0.15) is 0 Å². The van der Waals surface area contributed by atoms with E-state index in [2.05, 4.69) is 0 Å². The molecule has 234 valence electrons. The first-order valence-electron chi connectivity index (χ1n) is 10.7. The number of nitrogens with zero attached hydrogens (tertiary/aromatic N) is 3. The van der Waals surface area contributed by atoms with Gasteiger partial charge in [0.2, 0.25) is 16.6 Å². The average molecular weight is 693 g/mol. The van der Waals surface area contributed by atoms with Gasteiger partial charge in [0.15, 0.2) is 0 Å². The van der Waals surface area contributed by atoms with Crippen LogP contribution < -0.4 is 0 Å². The van der Waals surface area contributed by atoms with Crippen molar-refractivity contribution in [1.82, 2.24) is 14.7 Å². The van der Waals surface area contributed by atoms with Crippen LogP contribution in [-0.2, 0) is 27.4 Å². The van der Waals surface area contributed by atoms with Crippen LogP contribution in [0.15, 0.2) is 0 Å². The molecule has 1 saturated heterocycles. The van der Waals surface area contributed by atoms with E-state index in [9.17, 15) is 86.1 Å². The molecule has 0 spiro atoms. The molecule has 0 amide bonds. The highest BCUT2D eigenvalue weighted by molar-refractivity contribution is 7.71. The Balaban J connectivity index is 3.61. The molecule has 1 fully saturated rings. The van der Waals surface area contributed by atoms with E-state index < -0.39 is 101 Å². The zero-order valence-electron chi connectivity index (χ0n) is 19.9. The molecule has 0 radical (unpaired) electrons. The fraction of sp³-hybridized carbons (Fsp3) is 1.00. The van der Waals surface area contributed by atoms with Gasteiger partial charge in [0.1, 0.15) is 0 Å². The summed E-state index contributed by atoms with van der Waals surface area (Å²) in [5.74, 6) is 0. The Labute approximate surface area is 221 Å². The molecular formula is C12H33N3O18P6. The van der Waals surface area contributed by atoms with Gasteiger partial charge in [0.25, 0.3) is 0 Å². The maximum absolute atomic E-state index is 12.0. The van der Waals surface area contributed by atoms with Gasteiger partial charge in [0, 0.05) is 39.3 Å². The second-order valence-corrected chi connectivity index (χ2v) is 20.0. The summed E-state index contributed by atoms with van der Waals surface area (Å²) in [6.07, 6.45) is -1.11. The molecule has 0 aromatic heterocycles. The first-order chi connectivity index (χ1) is 17.2. The third-order valence-electron chi connectivity index (χ3n) is 5.46. The highest BCUT2D eigenvalue weighted by atomic mass is 31.2. The molecule has 1 aliphatic rings. The summed E-state index contributed by atoms with van der Waals surface area (Å²) < 4.78 is 71.7. The summed E-state index contributed by atoms with van der Waals surface area (Å²) in [6, 6.07) is 0.